The van der Waals surface area contributed by atoms with E-state index in [-0.39, 0.29) is 17.5 Å². The fourth-order valence-electron chi connectivity index (χ4n) is 2.70. The van der Waals surface area contributed by atoms with Crippen molar-refractivity contribution < 1.29 is 8.42 Å². The van der Waals surface area contributed by atoms with Crippen LogP contribution in [0.15, 0.2) is 64.5 Å². The van der Waals surface area contributed by atoms with E-state index >= 15 is 0 Å². The maximum absolute atomic E-state index is 12.3. The van der Waals surface area contributed by atoms with Crippen LogP contribution in [-0.2, 0) is 16.4 Å². The molecule has 0 aliphatic heterocycles. The SMILES string of the molecule is CN=C(NCCNS(=O)(=O)c1ccc(C)cc1)NC(C)CCc1ccccc1. The molecule has 1 atom stereocenters. The predicted molar refractivity (Wildman–Crippen MR) is 115 cm³/mol. The molecule has 2 aromatic carbocycles. The predicted octanol–water partition coefficient (Wildman–Crippen LogP) is 2.46. The van der Waals surface area contributed by atoms with E-state index in [2.05, 4.69) is 39.4 Å². The summed E-state index contributed by atoms with van der Waals surface area (Å²) in [5.74, 6) is 0.662. The molecule has 152 valence electrons. The molecule has 0 bridgehead atoms. The van der Waals surface area contributed by atoms with E-state index in [1.54, 1.807) is 31.3 Å². The zero-order chi connectivity index (χ0) is 20.4. The summed E-state index contributed by atoms with van der Waals surface area (Å²) in [4.78, 5) is 4.48. The molecule has 0 spiro atoms. The van der Waals surface area contributed by atoms with E-state index in [4.69, 9.17) is 0 Å². The van der Waals surface area contributed by atoms with Gasteiger partial charge in [0.15, 0.2) is 5.96 Å². The van der Waals surface area contributed by atoms with Gasteiger partial charge in [-0.25, -0.2) is 13.1 Å². The van der Waals surface area contributed by atoms with E-state index in [1.807, 2.05) is 25.1 Å². The van der Waals surface area contributed by atoms with Gasteiger partial charge in [0, 0.05) is 26.2 Å². The Hall–Kier alpha value is -2.38. The van der Waals surface area contributed by atoms with Crippen molar-refractivity contribution in [2.45, 2.75) is 37.6 Å². The Morgan fingerprint density at radius 1 is 1.04 bits per heavy atom. The lowest BCUT2D eigenvalue weighted by Crippen LogP contribution is -2.44. The molecular formula is C21H30N4O2S. The highest BCUT2D eigenvalue weighted by atomic mass is 32.2. The molecule has 6 nitrogen and oxygen atoms in total. The van der Waals surface area contributed by atoms with Crippen molar-refractivity contribution in [3.05, 3.63) is 65.7 Å². The summed E-state index contributed by atoms with van der Waals surface area (Å²) < 4.78 is 27.1. The van der Waals surface area contributed by atoms with Gasteiger partial charge in [0.05, 0.1) is 4.90 Å². The first-order chi connectivity index (χ1) is 13.4. The molecule has 0 heterocycles. The summed E-state index contributed by atoms with van der Waals surface area (Å²) in [5.41, 5.74) is 2.33. The number of guanidine groups is 1. The van der Waals surface area contributed by atoms with Gasteiger partial charge in [0.1, 0.15) is 0 Å². The summed E-state index contributed by atoms with van der Waals surface area (Å²) in [6.45, 7) is 4.74. The van der Waals surface area contributed by atoms with Crippen molar-refractivity contribution in [2.24, 2.45) is 4.99 Å². The molecule has 0 fully saturated rings. The molecule has 7 heteroatoms. The number of hydrogen-bond donors (Lipinski definition) is 3. The maximum Gasteiger partial charge on any atom is 0.240 e. The first-order valence-corrected chi connectivity index (χ1v) is 11.0. The van der Waals surface area contributed by atoms with E-state index in [0.29, 0.717) is 12.5 Å². The fraction of sp³-hybridized carbons (Fsp3) is 0.381. The van der Waals surface area contributed by atoms with Gasteiger partial charge in [-0.1, -0.05) is 48.0 Å². The van der Waals surface area contributed by atoms with Crippen molar-refractivity contribution in [2.75, 3.05) is 20.1 Å². The Morgan fingerprint density at radius 2 is 1.71 bits per heavy atom. The Bertz CT molecular complexity index is 850. The van der Waals surface area contributed by atoms with Gasteiger partial charge in [0.25, 0.3) is 0 Å². The summed E-state index contributed by atoms with van der Waals surface area (Å²) >= 11 is 0. The Kier molecular flexibility index (Phi) is 8.47. The largest absolute Gasteiger partial charge is 0.355 e. The third-order valence-electron chi connectivity index (χ3n) is 4.36. The number of nitrogens with one attached hydrogen (secondary N) is 3. The van der Waals surface area contributed by atoms with E-state index in [1.165, 1.54) is 5.56 Å². The molecule has 0 aliphatic rings. The Morgan fingerprint density at radius 3 is 2.36 bits per heavy atom. The van der Waals surface area contributed by atoms with E-state index < -0.39 is 10.0 Å². The van der Waals surface area contributed by atoms with Crippen molar-refractivity contribution in [3.8, 4) is 0 Å². The number of hydrogen-bond acceptors (Lipinski definition) is 3. The molecule has 0 saturated heterocycles. The number of sulfonamides is 1. The topological polar surface area (TPSA) is 82.6 Å². The van der Waals surface area contributed by atoms with Gasteiger partial charge >= 0.3 is 0 Å². The summed E-state index contributed by atoms with van der Waals surface area (Å²) in [7, 11) is -1.79. The van der Waals surface area contributed by atoms with Crippen molar-refractivity contribution in [3.63, 3.8) is 0 Å². The summed E-state index contributed by atoms with van der Waals surface area (Å²) in [5, 5.41) is 6.48. The third kappa shape index (κ3) is 7.32. The summed E-state index contributed by atoms with van der Waals surface area (Å²) in [6.07, 6.45) is 1.97. The van der Waals surface area contributed by atoms with Crippen molar-refractivity contribution in [1.82, 2.24) is 15.4 Å². The quantitative estimate of drug-likeness (QED) is 0.342. The van der Waals surface area contributed by atoms with Gasteiger partial charge in [-0.15, -0.1) is 0 Å². The fourth-order valence-corrected chi connectivity index (χ4v) is 3.73. The molecule has 0 radical (unpaired) electrons. The standard InChI is InChI=1S/C21H30N4O2S/c1-17-9-13-20(14-10-17)28(26,27)24-16-15-23-21(22-3)25-18(2)11-12-19-7-5-4-6-8-19/h4-10,13-14,18,24H,11-12,15-16H2,1-3H3,(H2,22,23,25). The Labute approximate surface area is 168 Å². The molecule has 2 rings (SSSR count). The second kappa shape index (κ2) is 10.8. The first-order valence-electron chi connectivity index (χ1n) is 9.48. The molecule has 0 aliphatic carbocycles. The molecule has 0 saturated carbocycles. The average Bonchev–Trinajstić information content (AvgIpc) is 2.70. The highest BCUT2D eigenvalue weighted by Gasteiger charge is 2.13. The van der Waals surface area contributed by atoms with Crippen LogP contribution in [0, 0.1) is 6.92 Å². The lowest BCUT2D eigenvalue weighted by molar-refractivity contribution is 0.577. The van der Waals surface area contributed by atoms with Crippen LogP contribution < -0.4 is 15.4 Å². The van der Waals surface area contributed by atoms with Crippen LogP contribution in [0.5, 0.6) is 0 Å². The number of aryl methyl sites for hydroxylation is 2. The van der Waals surface area contributed by atoms with Crippen molar-refractivity contribution >= 4 is 16.0 Å². The smallest absolute Gasteiger partial charge is 0.240 e. The normalized spacial score (nSPS) is 13.2. The minimum atomic E-state index is -3.49. The van der Waals surface area contributed by atoms with Crippen LogP contribution in [0.4, 0.5) is 0 Å². The highest BCUT2D eigenvalue weighted by molar-refractivity contribution is 7.89. The number of aliphatic imine (C=N–C) groups is 1. The molecule has 3 N–H and O–H groups in total. The molecule has 1 unspecified atom stereocenters. The number of benzene rings is 2. The van der Waals surface area contributed by atoms with Gasteiger partial charge in [-0.2, -0.15) is 0 Å². The highest BCUT2D eigenvalue weighted by Crippen LogP contribution is 2.09. The average molecular weight is 403 g/mol. The lowest BCUT2D eigenvalue weighted by atomic mass is 10.1. The van der Waals surface area contributed by atoms with Crippen LogP contribution in [0.25, 0.3) is 0 Å². The minimum Gasteiger partial charge on any atom is -0.355 e. The molecule has 2 aromatic rings. The van der Waals surface area contributed by atoms with E-state index in [9.17, 15) is 8.42 Å². The van der Waals surface area contributed by atoms with Gasteiger partial charge in [0.2, 0.25) is 10.0 Å². The summed E-state index contributed by atoms with van der Waals surface area (Å²) in [6, 6.07) is 17.4. The molecular weight excluding hydrogens is 372 g/mol. The third-order valence-corrected chi connectivity index (χ3v) is 5.83. The lowest BCUT2D eigenvalue weighted by Gasteiger charge is -2.18. The molecule has 0 aromatic heterocycles. The van der Waals surface area contributed by atoms with Gasteiger partial charge < -0.3 is 10.6 Å². The van der Waals surface area contributed by atoms with E-state index in [0.717, 1.165) is 18.4 Å². The van der Waals surface area contributed by atoms with Crippen LogP contribution in [0.3, 0.4) is 0 Å². The van der Waals surface area contributed by atoms with Crippen LogP contribution in [0.1, 0.15) is 24.5 Å². The maximum atomic E-state index is 12.3. The molecule has 0 amide bonds. The Balaban J connectivity index is 1.72. The second-order valence-corrected chi connectivity index (χ2v) is 8.55. The number of nitrogens with zero attached hydrogens (tertiary/aromatic N) is 1. The monoisotopic (exact) mass is 402 g/mol. The zero-order valence-electron chi connectivity index (χ0n) is 16.8. The first kappa shape index (κ1) is 21.9. The number of rotatable bonds is 9. The zero-order valence-corrected chi connectivity index (χ0v) is 17.6. The second-order valence-electron chi connectivity index (χ2n) is 6.78. The van der Waals surface area contributed by atoms with Crippen LogP contribution in [-0.4, -0.2) is 40.6 Å². The van der Waals surface area contributed by atoms with Gasteiger partial charge in [-0.3, -0.25) is 4.99 Å². The van der Waals surface area contributed by atoms with Crippen molar-refractivity contribution in [1.29, 1.82) is 0 Å². The minimum absolute atomic E-state index is 0.246. The van der Waals surface area contributed by atoms with Gasteiger partial charge in [-0.05, 0) is 44.4 Å². The van der Waals surface area contributed by atoms with Crippen LogP contribution >= 0.6 is 0 Å². The molecule has 28 heavy (non-hydrogen) atoms. The van der Waals surface area contributed by atoms with Crippen LogP contribution in [0.2, 0.25) is 0 Å².